The van der Waals surface area contributed by atoms with Crippen molar-refractivity contribution in [1.29, 1.82) is 0 Å². The van der Waals surface area contributed by atoms with Gasteiger partial charge in [-0.25, -0.2) is 0 Å². The number of amides is 1. The van der Waals surface area contributed by atoms with Crippen molar-refractivity contribution in [3.05, 3.63) is 38.9 Å². The van der Waals surface area contributed by atoms with Gasteiger partial charge in [-0.2, -0.15) is 11.8 Å². The van der Waals surface area contributed by atoms with E-state index in [4.69, 9.17) is 11.6 Å². The molecule has 1 saturated heterocycles. The van der Waals surface area contributed by atoms with Gasteiger partial charge in [-0.05, 0) is 24.3 Å². The number of rotatable bonds is 2. The van der Waals surface area contributed by atoms with Gasteiger partial charge in [0.1, 0.15) is 10.6 Å². The molecule has 0 aliphatic carbocycles. The Hall–Kier alpha value is -1.27. The molecule has 5 nitrogen and oxygen atoms in total. The van der Waals surface area contributed by atoms with E-state index in [9.17, 15) is 14.9 Å². The fraction of sp³-hybridized carbons (Fsp3) is 0.417. The summed E-state index contributed by atoms with van der Waals surface area (Å²) in [6, 6.07) is 4.45. The molecule has 0 unspecified atom stereocenters. The first-order valence-corrected chi connectivity index (χ1v) is 7.44. The lowest BCUT2D eigenvalue weighted by molar-refractivity contribution is -0.385. The number of hydrogen-bond donors (Lipinski definition) is 0. The molecule has 7 heteroatoms. The Bertz CT molecular complexity index is 502. The molecule has 1 heterocycles. The van der Waals surface area contributed by atoms with Gasteiger partial charge in [-0.3, -0.25) is 14.9 Å². The molecule has 19 heavy (non-hydrogen) atoms. The zero-order valence-electron chi connectivity index (χ0n) is 10.2. The summed E-state index contributed by atoms with van der Waals surface area (Å²) in [7, 11) is 0. The van der Waals surface area contributed by atoms with Crippen LogP contribution in [0.2, 0.25) is 5.02 Å². The summed E-state index contributed by atoms with van der Waals surface area (Å²) in [6.45, 7) is 1.25. The average molecular weight is 301 g/mol. The van der Waals surface area contributed by atoms with Crippen LogP contribution in [0.3, 0.4) is 0 Å². The molecule has 0 aromatic heterocycles. The number of nitro benzene ring substituents is 1. The number of benzene rings is 1. The Morgan fingerprint density at radius 3 is 2.89 bits per heavy atom. The molecule has 1 aromatic rings. The third-order valence-electron chi connectivity index (χ3n) is 2.91. The standard InChI is InChI=1S/C12H13ClN2O3S/c13-10-4-1-3-9(11(10)15(17)18)12(16)14-5-2-7-19-8-6-14/h1,3-4H,2,5-8H2. The molecule has 0 N–H and O–H groups in total. The van der Waals surface area contributed by atoms with E-state index in [0.717, 1.165) is 17.9 Å². The van der Waals surface area contributed by atoms with Gasteiger partial charge in [-0.15, -0.1) is 0 Å². The van der Waals surface area contributed by atoms with Crippen molar-refractivity contribution in [1.82, 2.24) is 4.90 Å². The number of carbonyl (C=O) groups excluding carboxylic acids is 1. The van der Waals surface area contributed by atoms with Crippen LogP contribution in [0.5, 0.6) is 0 Å². The van der Waals surface area contributed by atoms with Gasteiger partial charge in [0.15, 0.2) is 0 Å². The number of thioether (sulfide) groups is 1. The largest absolute Gasteiger partial charge is 0.338 e. The highest BCUT2D eigenvalue weighted by Crippen LogP contribution is 2.29. The second-order valence-electron chi connectivity index (χ2n) is 4.15. The Kier molecular flexibility index (Phi) is 4.66. The minimum atomic E-state index is -0.595. The molecular formula is C12H13ClN2O3S. The SMILES string of the molecule is O=C(c1cccc(Cl)c1[N+](=O)[O-])N1CCCSCC1. The Balaban J connectivity index is 2.32. The van der Waals surface area contributed by atoms with Crippen LogP contribution in [0.4, 0.5) is 5.69 Å². The summed E-state index contributed by atoms with van der Waals surface area (Å²) in [6.07, 6.45) is 0.908. The third-order valence-corrected chi connectivity index (χ3v) is 4.26. The first-order chi connectivity index (χ1) is 9.11. The predicted octanol–water partition coefficient (Wildman–Crippen LogP) is 2.83. The number of halogens is 1. The van der Waals surface area contributed by atoms with Crippen molar-refractivity contribution in [3.8, 4) is 0 Å². The van der Waals surface area contributed by atoms with Crippen molar-refractivity contribution in [3.63, 3.8) is 0 Å². The molecule has 1 aliphatic rings. The fourth-order valence-corrected chi connectivity index (χ4v) is 3.12. The molecule has 102 valence electrons. The van der Waals surface area contributed by atoms with Gasteiger partial charge in [0.25, 0.3) is 5.91 Å². The van der Waals surface area contributed by atoms with Gasteiger partial charge in [0.2, 0.25) is 0 Å². The number of hydrogen-bond acceptors (Lipinski definition) is 4. The molecule has 0 radical (unpaired) electrons. The summed E-state index contributed by atoms with van der Waals surface area (Å²) in [5, 5.41) is 11.0. The molecule has 0 spiro atoms. The topological polar surface area (TPSA) is 63.4 Å². The van der Waals surface area contributed by atoms with E-state index >= 15 is 0 Å². The Morgan fingerprint density at radius 2 is 2.16 bits per heavy atom. The summed E-state index contributed by atoms with van der Waals surface area (Å²) < 4.78 is 0. The number of para-hydroxylation sites is 1. The highest BCUT2D eigenvalue weighted by atomic mass is 35.5. The third kappa shape index (κ3) is 3.19. The number of carbonyl (C=O) groups is 1. The van der Waals surface area contributed by atoms with E-state index in [-0.39, 0.29) is 22.2 Å². The zero-order chi connectivity index (χ0) is 13.8. The van der Waals surface area contributed by atoms with Crippen LogP contribution in [0, 0.1) is 10.1 Å². The van der Waals surface area contributed by atoms with Gasteiger partial charge >= 0.3 is 5.69 Å². The summed E-state index contributed by atoms with van der Waals surface area (Å²) in [5.41, 5.74) is -0.226. The Morgan fingerprint density at radius 1 is 1.37 bits per heavy atom. The molecule has 0 atom stereocenters. The van der Waals surface area contributed by atoms with Crippen molar-refractivity contribution < 1.29 is 9.72 Å². The predicted molar refractivity (Wildman–Crippen MR) is 76.0 cm³/mol. The maximum atomic E-state index is 12.4. The van der Waals surface area contributed by atoms with Crippen molar-refractivity contribution >= 4 is 35.0 Å². The number of nitro groups is 1. The second kappa shape index (κ2) is 6.25. The van der Waals surface area contributed by atoms with Crippen molar-refractivity contribution in [2.75, 3.05) is 24.6 Å². The van der Waals surface area contributed by atoms with Gasteiger partial charge in [0.05, 0.1) is 4.92 Å². The van der Waals surface area contributed by atoms with Crippen LogP contribution < -0.4 is 0 Å². The summed E-state index contributed by atoms with van der Waals surface area (Å²) >= 11 is 7.62. The molecule has 1 aromatic carbocycles. The first kappa shape index (κ1) is 14.1. The van der Waals surface area contributed by atoms with Crippen LogP contribution in [-0.4, -0.2) is 40.3 Å². The van der Waals surface area contributed by atoms with E-state index in [2.05, 4.69) is 0 Å². The van der Waals surface area contributed by atoms with Gasteiger partial charge < -0.3 is 4.90 Å². The molecule has 0 bridgehead atoms. The Labute approximate surface area is 120 Å². The van der Waals surface area contributed by atoms with E-state index in [1.165, 1.54) is 12.1 Å². The van der Waals surface area contributed by atoms with Crippen LogP contribution >= 0.6 is 23.4 Å². The molecule has 0 saturated carbocycles. The van der Waals surface area contributed by atoms with E-state index in [0.29, 0.717) is 13.1 Å². The molecule has 1 amide bonds. The monoisotopic (exact) mass is 300 g/mol. The van der Waals surface area contributed by atoms with E-state index in [1.807, 2.05) is 0 Å². The van der Waals surface area contributed by atoms with Crippen LogP contribution in [0.1, 0.15) is 16.8 Å². The average Bonchev–Trinajstić information content (AvgIpc) is 2.66. The number of nitrogens with zero attached hydrogens (tertiary/aromatic N) is 2. The maximum Gasteiger partial charge on any atom is 0.300 e. The second-order valence-corrected chi connectivity index (χ2v) is 5.78. The lowest BCUT2D eigenvalue weighted by Crippen LogP contribution is -2.33. The molecule has 1 fully saturated rings. The smallest absolute Gasteiger partial charge is 0.300 e. The summed E-state index contributed by atoms with van der Waals surface area (Å²) in [4.78, 5) is 24.5. The maximum absolute atomic E-state index is 12.4. The quantitative estimate of drug-likeness (QED) is 0.622. The normalized spacial score (nSPS) is 15.9. The van der Waals surface area contributed by atoms with Crippen LogP contribution in [0.25, 0.3) is 0 Å². The fourth-order valence-electron chi connectivity index (χ4n) is 1.99. The first-order valence-electron chi connectivity index (χ1n) is 5.91. The van der Waals surface area contributed by atoms with Crippen LogP contribution in [-0.2, 0) is 0 Å². The zero-order valence-corrected chi connectivity index (χ0v) is 11.7. The molecular weight excluding hydrogens is 288 g/mol. The van der Waals surface area contributed by atoms with Crippen molar-refractivity contribution in [2.45, 2.75) is 6.42 Å². The minimum absolute atomic E-state index is 0.0000435. The summed E-state index contributed by atoms with van der Waals surface area (Å²) in [5.74, 6) is 1.57. The van der Waals surface area contributed by atoms with E-state index in [1.54, 1.807) is 22.7 Å². The minimum Gasteiger partial charge on any atom is -0.338 e. The van der Waals surface area contributed by atoms with Gasteiger partial charge in [-0.1, -0.05) is 17.7 Å². The molecule has 1 aliphatic heterocycles. The van der Waals surface area contributed by atoms with Crippen LogP contribution in [0.15, 0.2) is 18.2 Å². The highest BCUT2D eigenvalue weighted by Gasteiger charge is 2.27. The molecule has 2 rings (SSSR count). The lowest BCUT2D eigenvalue weighted by Gasteiger charge is -2.19. The van der Waals surface area contributed by atoms with E-state index < -0.39 is 4.92 Å². The highest BCUT2D eigenvalue weighted by molar-refractivity contribution is 7.99. The lowest BCUT2D eigenvalue weighted by atomic mass is 10.1. The van der Waals surface area contributed by atoms with Crippen molar-refractivity contribution in [2.24, 2.45) is 0 Å². The van der Waals surface area contributed by atoms with Gasteiger partial charge in [0, 0.05) is 18.8 Å².